The van der Waals surface area contributed by atoms with E-state index in [1.165, 1.54) is 6.92 Å². The fraction of sp³-hybridized carbons (Fsp3) is 0.733. The Balaban J connectivity index is 4.84. The van der Waals surface area contributed by atoms with Crippen molar-refractivity contribution in [1.82, 2.24) is 10.6 Å². The van der Waals surface area contributed by atoms with E-state index in [0.29, 0.717) is 19.4 Å². The fourth-order valence-corrected chi connectivity index (χ4v) is 2.11. The number of aliphatic hydroxyl groups excluding tert-OH is 1. The van der Waals surface area contributed by atoms with E-state index in [0.717, 1.165) is 0 Å². The van der Waals surface area contributed by atoms with Crippen molar-refractivity contribution < 1.29 is 29.4 Å². The molecule has 0 aromatic heterocycles. The molecule has 0 saturated carbocycles. The second kappa shape index (κ2) is 12.2. The van der Waals surface area contributed by atoms with Gasteiger partial charge < -0.3 is 38.0 Å². The lowest BCUT2D eigenvalue weighted by atomic mass is 10.1. The molecule has 3 amide bonds. The fourth-order valence-electron chi connectivity index (χ4n) is 2.11. The van der Waals surface area contributed by atoms with Crippen molar-refractivity contribution in [3.63, 3.8) is 0 Å². The lowest BCUT2D eigenvalue weighted by molar-refractivity contribution is -0.143. The highest BCUT2D eigenvalue weighted by Gasteiger charge is 2.30. The third kappa shape index (κ3) is 9.30. The first kappa shape index (κ1) is 23.8. The maximum absolute atomic E-state index is 12.3. The number of nitrogens with one attached hydrogen (secondary N) is 2. The lowest BCUT2D eigenvalue weighted by Gasteiger charge is -2.24. The summed E-state index contributed by atoms with van der Waals surface area (Å²) in [5, 5.41) is 23.5. The van der Waals surface area contributed by atoms with Crippen LogP contribution in [-0.2, 0) is 19.2 Å². The number of rotatable bonds is 13. The zero-order valence-corrected chi connectivity index (χ0v) is 14.8. The predicted molar refractivity (Wildman–Crippen MR) is 92.5 cm³/mol. The summed E-state index contributed by atoms with van der Waals surface area (Å²) in [4.78, 5) is 46.2. The van der Waals surface area contributed by atoms with Crippen molar-refractivity contribution in [2.24, 2.45) is 17.2 Å². The zero-order valence-electron chi connectivity index (χ0n) is 14.8. The first-order valence-corrected chi connectivity index (χ1v) is 8.35. The molecule has 0 saturated heterocycles. The van der Waals surface area contributed by atoms with Crippen LogP contribution in [0.3, 0.4) is 0 Å². The molecule has 26 heavy (non-hydrogen) atoms. The Morgan fingerprint density at radius 1 is 1.04 bits per heavy atom. The second-order valence-corrected chi connectivity index (χ2v) is 6.02. The van der Waals surface area contributed by atoms with Crippen LogP contribution in [0.2, 0.25) is 0 Å². The lowest BCUT2D eigenvalue weighted by Crippen LogP contribution is -2.58. The first-order chi connectivity index (χ1) is 12.1. The third-order valence-electron chi connectivity index (χ3n) is 3.66. The molecule has 0 heterocycles. The van der Waals surface area contributed by atoms with E-state index in [9.17, 15) is 29.4 Å². The van der Waals surface area contributed by atoms with Crippen molar-refractivity contribution in [1.29, 1.82) is 0 Å². The van der Waals surface area contributed by atoms with Crippen molar-refractivity contribution in [2.75, 3.05) is 6.54 Å². The van der Waals surface area contributed by atoms with Crippen LogP contribution in [-0.4, -0.2) is 64.7 Å². The van der Waals surface area contributed by atoms with E-state index in [-0.39, 0.29) is 19.3 Å². The standard InChI is InChI=1S/C15H29N5O6/c1-8(21)12(20-13(23)9(17)5-6-11(18)22)14(24)19-10(15(25)26)4-2-3-7-16/h8-10,12,21H,2-7,16-17H2,1H3,(H2,18,22)(H,19,24)(H,20,23)(H,25,26). The van der Waals surface area contributed by atoms with Gasteiger partial charge in [0, 0.05) is 6.42 Å². The highest BCUT2D eigenvalue weighted by atomic mass is 16.4. The van der Waals surface area contributed by atoms with E-state index >= 15 is 0 Å². The third-order valence-corrected chi connectivity index (χ3v) is 3.66. The summed E-state index contributed by atoms with van der Waals surface area (Å²) in [6, 6.07) is -3.66. The molecule has 11 heteroatoms. The summed E-state index contributed by atoms with van der Waals surface area (Å²) in [5.74, 6) is -3.47. The minimum atomic E-state index is -1.39. The molecule has 0 fully saturated rings. The number of aliphatic carboxylic acids is 1. The molecule has 0 aliphatic carbocycles. The number of carbonyl (C=O) groups is 4. The molecule has 0 aliphatic heterocycles. The normalized spacial score (nSPS) is 15.4. The number of carboxylic acids is 1. The van der Waals surface area contributed by atoms with Crippen LogP contribution in [0.15, 0.2) is 0 Å². The van der Waals surface area contributed by atoms with Gasteiger partial charge in [-0.25, -0.2) is 4.79 Å². The Labute approximate surface area is 151 Å². The maximum Gasteiger partial charge on any atom is 0.326 e. The van der Waals surface area contributed by atoms with E-state index in [1.807, 2.05) is 0 Å². The average molecular weight is 375 g/mol. The minimum Gasteiger partial charge on any atom is -0.480 e. The molecule has 0 aliphatic rings. The topological polar surface area (TPSA) is 211 Å². The number of nitrogens with two attached hydrogens (primary N) is 3. The number of primary amides is 1. The summed E-state index contributed by atoms with van der Waals surface area (Å²) >= 11 is 0. The SMILES string of the molecule is CC(O)C(NC(=O)C(N)CCC(N)=O)C(=O)NC(CCCCN)C(=O)O. The molecule has 0 aromatic carbocycles. The van der Waals surface area contributed by atoms with Gasteiger partial charge in [0.2, 0.25) is 17.7 Å². The Morgan fingerprint density at radius 3 is 2.12 bits per heavy atom. The number of hydrogen-bond donors (Lipinski definition) is 7. The average Bonchev–Trinajstić information content (AvgIpc) is 2.55. The van der Waals surface area contributed by atoms with Crippen LogP contribution in [0, 0.1) is 0 Å². The van der Waals surface area contributed by atoms with Crippen molar-refractivity contribution in [2.45, 2.75) is 63.3 Å². The number of carbonyl (C=O) groups excluding carboxylic acids is 3. The number of hydrogen-bond acceptors (Lipinski definition) is 7. The molecule has 0 radical (unpaired) electrons. The molecular weight excluding hydrogens is 346 g/mol. The molecule has 150 valence electrons. The van der Waals surface area contributed by atoms with Crippen LogP contribution in [0.5, 0.6) is 0 Å². The van der Waals surface area contributed by atoms with E-state index in [1.54, 1.807) is 0 Å². The van der Waals surface area contributed by atoms with Gasteiger partial charge in [0.05, 0.1) is 12.1 Å². The smallest absolute Gasteiger partial charge is 0.326 e. The van der Waals surface area contributed by atoms with Gasteiger partial charge in [-0.15, -0.1) is 0 Å². The molecule has 11 nitrogen and oxygen atoms in total. The summed E-state index contributed by atoms with van der Waals surface area (Å²) in [7, 11) is 0. The summed E-state index contributed by atoms with van der Waals surface area (Å²) in [5.41, 5.74) is 15.9. The van der Waals surface area contributed by atoms with Gasteiger partial charge >= 0.3 is 5.97 Å². The number of carboxylic acid groups (broad SMARTS) is 1. The van der Waals surface area contributed by atoms with Crippen LogP contribution >= 0.6 is 0 Å². The minimum absolute atomic E-state index is 0.0217. The van der Waals surface area contributed by atoms with Gasteiger partial charge in [-0.1, -0.05) is 0 Å². The number of aliphatic hydroxyl groups is 1. The Bertz CT molecular complexity index is 499. The van der Waals surface area contributed by atoms with Gasteiger partial charge in [-0.05, 0) is 39.2 Å². The monoisotopic (exact) mass is 375 g/mol. The molecule has 0 spiro atoms. The highest BCUT2D eigenvalue weighted by molar-refractivity contribution is 5.92. The molecule has 10 N–H and O–H groups in total. The van der Waals surface area contributed by atoms with Crippen molar-refractivity contribution >= 4 is 23.7 Å². The Hall–Kier alpha value is -2.24. The van der Waals surface area contributed by atoms with Crippen LogP contribution < -0.4 is 27.8 Å². The second-order valence-electron chi connectivity index (χ2n) is 6.02. The predicted octanol–water partition coefficient (Wildman–Crippen LogP) is -2.86. The van der Waals surface area contributed by atoms with Gasteiger partial charge in [0.15, 0.2) is 0 Å². The van der Waals surface area contributed by atoms with Crippen LogP contribution in [0.25, 0.3) is 0 Å². The van der Waals surface area contributed by atoms with E-state index in [2.05, 4.69) is 10.6 Å². The van der Waals surface area contributed by atoms with Crippen LogP contribution in [0.1, 0.15) is 39.0 Å². The highest BCUT2D eigenvalue weighted by Crippen LogP contribution is 2.04. The number of amides is 3. The first-order valence-electron chi connectivity index (χ1n) is 8.35. The summed E-state index contributed by atoms with van der Waals surface area (Å²) in [6.45, 7) is 1.67. The quantitative estimate of drug-likeness (QED) is 0.166. The molecule has 4 atom stereocenters. The van der Waals surface area contributed by atoms with Crippen molar-refractivity contribution in [3.8, 4) is 0 Å². The molecule has 0 aromatic rings. The maximum atomic E-state index is 12.3. The van der Waals surface area contributed by atoms with Gasteiger partial charge in [-0.3, -0.25) is 14.4 Å². The van der Waals surface area contributed by atoms with Gasteiger partial charge in [-0.2, -0.15) is 0 Å². The molecule has 4 unspecified atom stereocenters. The van der Waals surface area contributed by atoms with E-state index in [4.69, 9.17) is 17.2 Å². The number of unbranched alkanes of at least 4 members (excludes halogenated alkanes) is 1. The molecular formula is C15H29N5O6. The zero-order chi connectivity index (χ0) is 20.3. The van der Waals surface area contributed by atoms with Gasteiger partial charge in [0.1, 0.15) is 12.1 Å². The van der Waals surface area contributed by atoms with Crippen molar-refractivity contribution in [3.05, 3.63) is 0 Å². The summed E-state index contributed by atoms with van der Waals surface area (Å²) in [6.07, 6.45) is -0.158. The molecule has 0 bridgehead atoms. The Morgan fingerprint density at radius 2 is 1.65 bits per heavy atom. The van der Waals surface area contributed by atoms with E-state index < -0.39 is 47.9 Å². The summed E-state index contributed by atoms with van der Waals surface area (Å²) < 4.78 is 0. The largest absolute Gasteiger partial charge is 0.480 e. The molecule has 0 rings (SSSR count). The Kier molecular flexibility index (Phi) is 11.1. The van der Waals surface area contributed by atoms with Crippen LogP contribution in [0.4, 0.5) is 0 Å². The van der Waals surface area contributed by atoms with Gasteiger partial charge in [0.25, 0.3) is 0 Å².